The van der Waals surface area contributed by atoms with Crippen molar-refractivity contribution in [1.82, 2.24) is 9.71 Å². The fraction of sp³-hybridized carbons (Fsp3) is 0.615. The third-order valence-corrected chi connectivity index (χ3v) is 4.20. The van der Waals surface area contributed by atoms with Crippen molar-refractivity contribution in [1.29, 1.82) is 0 Å². The Labute approximate surface area is 121 Å². The number of hydrogen-bond acceptors (Lipinski definition) is 5. The lowest BCUT2D eigenvalue weighted by Gasteiger charge is -2.12. The number of rotatable bonds is 10. The summed E-state index contributed by atoms with van der Waals surface area (Å²) in [6, 6.07) is 1.68. The molecule has 7 heteroatoms. The van der Waals surface area contributed by atoms with Crippen LogP contribution in [0.2, 0.25) is 0 Å². The van der Waals surface area contributed by atoms with Gasteiger partial charge in [0.15, 0.2) is 0 Å². The molecule has 0 saturated heterocycles. The van der Waals surface area contributed by atoms with E-state index in [1.165, 1.54) is 6.20 Å². The number of hydrogen-bond donors (Lipinski definition) is 2. The molecule has 0 aromatic carbocycles. The van der Waals surface area contributed by atoms with Gasteiger partial charge < -0.3 is 10.1 Å². The minimum Gasteiger partial charge on any atom is -0.385 e. The highest BCUT2D eigenvalue weighted by Gasteiger charge is 2.17. The van der Waals surface area contributed by atoms with Gasteiger partial charge in [0, 0.05) is 39.2 Å². The van der Waals surface area contributed by atoms with Gasteiger partial charge in [-0.15, -0.1) is 0 Å². The van der Waals surface area contributed by atoms with Crippen molar-refractivity contribution in [3.8, 4) is 0 Å². The molecule has 2 N–H and O–H groups in total. The topological polar surface area (TPSA) is 80.3 Å². The molecule has 1 heterocycles. The van der Waals surface area contributed by atoms with E-state index in [4.69, 9.17) is 4.74 Å². The first kappa shape index (κ1) is 16.9. The minimum absolute atomic E-state index is 0.195. The molecule has 1 aromatic rings. The molecule has 1 rings (SSSR count). The SMILES string of the molecule is CCCNc1ccncc1S(=O)(=O)NCCCCOC. The number of sulfonamides is 1. The molecule has 6 nitrogen and oxygen atoms in total. The molecule has 0 spiro atoms. The van der Waals surface area contributed by atoms with E-state index in [0.29, 0.717) is 18.8 Å². The monoisotopic (exact) mass is 301 g/mol. The van der Waals surface area contributed by atoms with Crippen LogP contribution in [-0.2, 0) is 14.8 Å². The zero-order valence-electron chi connectivity index (χ0n) is 12.1. The number of methoxy groups -OCH3 is 1. The van der Waals surface area contributed by atoms with Gasteiger partial charge in [0.25, 0.3) is 0 Å². The normalized spacial score (nSPS) is 11.5. The van der Waals surface area contributed by atoms with E-state index >= 15 is 0 Å². The summed E-state index contributed by atoms with van der Waals surface area (Å²) in [6.07, 6.45) is 5.44. The van der Waals surface area contributed by atoms with Gasteiger partial charge in [-0.2, -0.15) is 0 Å². The van der Waals surface area contributed by atoms with E-state index < -0.39 is 10.0 Å². The second kappa shape index (κ2) is 8.89. The van der Waals surface area contributed by atoms with Gasteiger partial charge >= 0.3 is 0 Å². The number of unbranched alkanes of at least 4 members (excludes halogenated alkanes) is 1. The highest BCUT2D eigenvalue weighted by molar-refractivity contribution is 7.89. The van der Waals surface area contributed by atoms with Crippen LogP contribution >= 0.6 is 0 Å². The molecule has 0 amide bonds. The van der Waals surface area contributed by atoms with Gasteiger partial charge in [-0.1, -0.05) is 6.92 Å². The predicted octanol–water partition coefficient (Wildman–Crippen LogP) is 1.61. The molecular formula is C13H23N3O3S. The Balaban J connectivity index is 2.66. The Morgan fingerprint density at radius 1 is 1.30 bits per heavy atom. The van der Waals surface area contributed by atoms with E-state index in [9.17, 15) is 8.42 Å². The largest absolute Gasteiger partial charge is 0.385 e. The Morgan fingerprint density at radius 2 is 2.10 bits per heavy atom. The first-order chi connectivity index (χ1) is 9.61. The van der Waals surface area contributed by atoms with Crippen LogP contribution in [-0.4, -0.2) is 40.2 Å². The molecule has 0 unspecified atom stereocenters. The van der Waals surface area contributed by atoms with Gasteiger partial charge in [-0.3, -0.25) is 4.98 Å². The standard InChI is InChI=1S/C13H23N3O3S/c1-3-7-15-12-6-9-14-11-13(12)20(17,18)16-8-4-5-10-19-2/h6,9,11,16H,3-5,7-8,10H2,1-2H3,(H,14,15). The third-order valence-electron chi connectivity index (χ3n) is 2.71. The van der Waals surface area contributed by atoms with Crippen molar-refractivity contribution in [2.75, 3.05) is 32.1 Å². The summed E-state index contributed by atoms with van der Waals surface area (Å²) in [6.45, 7) is 3.78. The van der Waals surface area contributed by atoms with Crippen LogP contribution in [0.15, 0.2) is 23.4 Å². The van der Waals surface area contributed by atoms with Gasteiger partial charge in [-0.05, 0) is 25.3 Å². The van der Waals surface area contributed by atoms with Crippen molar-refractivity contribution < 1.29 is 13.2 Å². The molecule has 0 fully saturated rings. The van der Waals surface area contributed by atoms with Crippen LogP contribution < -0.4 is 10.0 Å². The van der Waals surface area contributed by atoms with E-state index in [2.05, 4.69) is 15.0 Å². The Bertz CT molecular complexity index is 491. The zero-order chi connectivity index (χ0) is 14.8. The fourth-order valence-electron chi connectivity index (χ4n) is 1.66. The third kappa shape index (κ3) is 5.44. The summed E-state index contributed by atoms with van der Waals surface area (Å²) >= 11 is 0. The summed E-state index contributed by atoms with van der Waals surface area (Å²) in [5.41, 5.74) is 0.589. The first-order valence-corrected chi connectivity index (χ1v) is 8.26. The number of aromatic nitrogens is 1. The van der Waals surface area contributed by atoms with Gasteiger partial charge in [0.1, 0.15) is 4.90 Å². The van der Waals surface area contributed by atoms with Crippen LogP contribution in [0.25, 0.3) is 0 Å². The molecule has 0 radical (unpaired) electrons. The van der Waals surface area contributed by atoms with Crippen LogP contribution in [0, 0.1) is 0 Å². The molecule has 0 aliphatic rings. The second-order valence-electron chi connectivity index (χ2n) is 4.40. The molecule has 20 heavy (non-hydrogen) atoms. The molecule has 0 aliphatic heterocycles. The van der Waals surface area contributed by atoms with Crippen LogP contribution in [0.3, 0.4) is 0 Å². The predicted molar refractivity (Wildman–Crippen MR) is 79.3 cm³/mol. The van der Waals surface area contributed by atoms with E-state index in [1.807, 2.05) is 6.92 Å². The highest BCUT2D eigenvalue weighted by Crippen LogP contribution is 2.19. The molecule has 0 saturated carbocycles. The smallest absolute Gasteiger partial charge is 0.244 e. The number of nitrogens with one attached hydrogen (secondary N) is 2. The lowest BCUT2D eigenvalue weighted by atomic mass is 10.3. The summed E-state index contributed by atoms with van der Waals surface area (Å²) in [5, 5.41) is 3.10. The van der Waals surface area contributed by atoms with Crippen molar-refractivity contribution in [2.24, 2.45) is 0 Å². The average molecular weight is 301 g/mol. The first-order valence-electron chi connectivity index (χ1n) is 6.78. The molecule has 114 valence electrons. The van der Waals surface area contributed by atoms with Crippen molar-refractivity contribution >= 4 is 15.7 Å². The molecular weight excluding hydrogens is 278 g/mol. The number of pyridine rings is 1. The minimum atomic E-state index is -3.52. The zero-order valence-corrected chi connectivity index (χ0v) is 12.9. The molecule has 0 bridgehead atoms. The average Bonchev–Trinajstić information content (AvgIpc) is 2.45. The van der Waals surface area contributed by atoms with Gasteiger partial charge in [0.05, 0.1) is 5.69 Å². The lowest BCUT2D eigenvalue weighted by Crippen LogP contribution is -2.26. The fourth-order valence-corrected chi connectivity index (χ4v) is 2.85. The maximum Gasteiger partial charge on any atom is 0.244 e. The van der Waals surface area contributed by atoms with Crippen LogP contribution in [0.4, 0.5) is 5.69 Å². The maximum atomic E-state index is 12.2. The summed E-state index contributed by atoms with van der Waals surface area (Å²) < 4.78 is 32.0. The van der Waals surface area contributed by atoms with Gasteiger partial charge in [-0.25, -0.2) is 13.1 Å². The van der Waals surface area contributed by atoms with Crippen LogP contribution in [0.1, 0.15) is 26.2 Å². The number of ether oxygens (including phenoxy) is 1. The Kier molecular flexibility index (Phi) is 7.50. The number of anilines is 1. The maximum absolute atomic E-state index is 12.2. The summed E-state index contributed by atoms with van der Waals surface area (Å²) in [7, 11) is -1.89. The Morgan fingerprint density at radius 3 is 2.80 bits per heavy atom. The second-order valence-corrected chi connectivity index (χ2v) is 6.13. The van der Waals surface area contributed by atoms with Crippen LogP contribution in [0.5, 0.6) is 0 Å². The molecule has 0 aliphatic carbocycles. The summed E-state index contributed by atoms with van der Waals surface area (Å²) in [5.74, 6) is 0. The van der Waals surface area contributed by atoms with E-state index in [1.54, 1.807) is 19.4 Å². The van der Waals surface area contributed by atoms with Crippen molar-refractivity contribution in [3.05, 3.63) is 18.5 Å². The molecule has 1 aromatic heterocycles. The number of nitrogens with zero attached hydrogens (tertiary/aromatic N) is 1. The van der Waals surface area contributed by atoms with Crippen molar-refractivity contribution in [3.63, 3.8) is 0 Å². The Hall–Kier alpha value is -1.18. The highest BCUT2D eigenvalue weighted by atomic mass is 32.2. The summed E-state index contributed by atoms with van der Waals surface area (Å²) in [4.78, 5) is 4.09. The van der Waals surface area contributed by atoms with E-state index in [0.717, 1.165) is 25.8 Å². The lowest BCUT2D eigenvalue weighted by molar-refractivity contribution is 0.193. The quantitative estimate of drug-likeness (QED) is 0.642. The van der Waals surface area contributed by atoms with E-state index in [-0.39, 0.29) is 4.90 Å². The van der Waals surface area contributed by atoms with Crippen molar-refractivity contribution in [2.45, 2.75) is 31.1 Å². The molecule has 0 atom stereocenters. The van der Waals surface area contributed by atoms with Gasteiger partial charge in [0.2, 0.25) is 10.0 Å².